The molecule has 3 fully saturated rings. The molecule has 1 aromatic rings. The van der Waals surface area contributed by atoms with Crippen molar-refractivity contribution in [2.45, 2.75) is 140 Å². The monoisotopic (exact) mass is 610 g/mol. The number of hydrogen-bond acceptors (Lipinski definition) is 6. The highest BCUT2D eigenvalue weighted by atomic mass is 32.2. The van der Waals surface area contributed by atoms with Crippen molar-refractivity contribution in [3.8, 4) is 0 Å². The first-order valence-electron chi connectivity index (χ1n) is 15.9. The van der Waals surface area contributed by atoms with E-state index in [9.17, 15) is 18.4 Å². The molecule has 1 unspecified atom stereocenters. The topological polar surface area (TPSA) is 130 Å². The van der Waals surface area contributed by atoms with E-state index in [1.807, 2.05) is 0 Å². The number of aromatic nitrogens is 1. The van der Waals surface area contributed by atoms with Crippen LogP contribution in [0.25, 0.3) is 0 Å². The van der Waals surface area contributed by atoms with Crippen LogP contribution in [-0.2, 0) is 27.2 Å². The van der Waals surface area contributed by atoms with Crippen LogP contribution in [0.4, 0.5) is 4.79 Å². The molecule has 3 aliphatic carbocycles. The Morgan fingerprint density at radius 3 is 2.20 bits per heavy atom. The minimum Gasteiger partial charge on any atom is -0.453 e. The number of rotatable bonds is 12. The van der Waals surface area contributed by atoms with Gasteiger partial charge in [0.1, 0.15) is 11.0 Å². The number of ether oxygens (including phenoxy) is 1. The summed E-state index contributed by atoms with van der Waals surface area (Å²) in [5.74, 6) is 1.19. The van der Waals surface area contributed by atoms with E-state index in [1.54, 1.807) is 11.3 Å². The van der Waals surface area contributed by atoms with Gasteiger partial charge in [-0.1, -0.05) is 58.3 Å². The number of carbonyl (C=O) groups is 2. The Balaban J connectivity index is 1.53. The first-order valence-corrected chi connectivity index (χ1v) is 17.8. The van der Waals surface area contributed by atoms with E-state index in [4.69, 9.17) is 9.72 Å². The number of carbonyl (C=O) groups excluding carboxylic acids is 2. The molecule has 2 amide bonds. The van der Waals surface area contributed by atoms with Gasteiger partial charge in [-0.25, -0.2) is 18.7 Å². The molecule has 1 heterocycles. The van der Waals surface area contributed by atoms with Crippen molar-refractivity contribution < 1.29 is 23.1 Å². The lowest BCUT2D eigenvalue weighted by Crippen LogP contribution is -2.49. The van der Waals surface area contributed by atoms with Crippen LogP contribution in [0.15, 0.2) is 0 Å². The highest BCUT2D eigenvalue weighted by Gasteiger charge is 2.33. The average molecular weight is 611 g/mol. The van der Waals surface area contributed by atoms with Crippen molar-refractivity contribution in [2.24, 2.45) is 11.8 Å². The Kier molecular flexibility index (Phi) is 12.9. The summed E-state index contributed by atoms with van der Waals surface area (Å²) in [7, 11) is 1.33. The molecular formula is C30H50N4O5S2. The van der Waals surface area contributed by atoms with Crippen molar-refractivity contribution >= 4 is 34.6 Å². The third kappa shape index (κ3) is 9.73. The van der Waals surface area contributed by atoms with Gasteiger partial charge in [0, 0.05) is 10.9 Å². The number of hydrogen-bond donors (Lipinski definition) is 4. The summed E-state index contributed by atoms with van der Waals surface area (Å²) >= 11 is -0.221. The van der Waals surface area contributed by atoms with Crippen molar-refractivity contribution in [1.82, 2.24) is 20.3 Å². The molecule has 4 N–H and O–H groups in total. The summed E-state index contributed by atoms with van der Waals surface area (Å²) in [6, 6.07) is -0.834. The summed E-state index contributed by atoms with van der Waals surface area (Å²) in [5.41, 5.74) is 1.17. The molecular weight excluding hydrogens is 560 g/mol. The molecule has 0 aliphatic heterocycles. The van der Waals surface area contributed by atoms with E-state index in [2.05, 4.69) is 22.3 Å². The second kappa shape index (κ2) is 16.3. The van der Waals surface area contributed by atoms with Crippen molar-refractivity contribution in [2.75, 3.05) is 7.11 Å². The highest BCUT2D eigenvalue weighted by molar-refractivity contribution is 7.77. The molecule has 0 aromatic carbocycles. The maximum absolute atomic E-state index is 13.9. The van der Waals surface area contributed by atoms with Gasteiger partial charge in [0.15, 0.2) is 0 Å². The molecule has 1 aromatic heterocycles. The minimum atomic E-state index is -2.00. The second-order valence-corrected chi connectivity index (χ2v) is 14.2. The Labute approximate surface area is 252 Å². The maximum Gasteiger partial charge on any atom is 0.407 e. The number of alkyl carbamates (subject to hydrolysis) is 1. The number of nitrogens with one attached hydrogen (secondary N) is 3. The predicted molar refractivity (Wildman–Crippen MR) is 163 cm³/mol. The molecule has 232 valence electrons. The van der Waals surface area contributed by atoms with Gasteiger partial charge in [-0.2, -0.15) is 0 Å². The third-order valence-electron chi connectivity index (χ3n) is 9.44. The Morgan fingerprint density at radius 2 is 1.59 bits per heavy atom. The first kappa shape index (κ1) is 32.4. The Bertz CT molecular complexity index is 1000. The normalized spacial score (nSPS) is 24.8. The fraction of sp³-hybridized carbons (Fsp3) is 0.833. The van der Waals surface area contributed by atoms with Crippen LogP contribution in [0, 0.1) is 11.8 Å². The molecule has 3 aliphatic rings. The molecule has 4 rings (SSSR count). The smallest absolute Gasteiger partial charge is 0.407 e. The molecule has 9 nitrogen and oxygen atoms in total. The Hall–Kier alpha value is -1.56. The highest BCUT2D eigenvalue weighted by Crippen LogP contribution is 2.41. The zero-order valence-electron chi connectivity index (χ0n) is 24.8. The van der Waals surface area contributed by atoms with Gasteiger partial charge < -0.3 is 15.4 Å². The fourth-order valence-corrected chi connectivity index (χ4v) is 9.05. The van der Waals surface area contributed by atoms with E-state index in [-0.39, 0.29) is 18.0 Å². The van der Waals surface area contributed by atoms with E-state index in [1.165, 1.54) is 69.0 Å². The SMILES string of the molecule is CCc1nc([C@H](CC2CCC(NS(=O)O)CC2)NC(=O)[C@H](CC2CCCCC2)NC(=O)OC)sc1C1CCCCC1. The van der Waals surface area contributed by atoms with Gasteiger partial charge in [0.25, 0.3) is 0 Å². The standard InChI is InChI=1S/C30H50N4O5S2/c1-3-24-27(22-12-8-5-9-13-22)40-29(32-24)26(19-21-14-16-23(17-15-21)34-41(37)38)31-28(35)25(33-30(36)39-2)18-20-10-6-4-7-11-20/h20-23,25-26,34H,3-19H2,1-2H3,(H,31,35)(H,33,36)(H,37,38)/t21?,23?,25-,26-/m0/s1. The van der Waals surface area contributed by atoms with Crippen LogP contribution >= 0.6 is 11.3 Å². The fourth-order valence-electron chi connectivity index (χ4n) is 7.14. The molecule has 11 heteroatoms. The van der Waals surface area contributed by atoms with E-state index >= 15 is 0 Å². The summed E-state index contributed by atoms with van der Waals surface area (Å²) < 4.78 is 28.1. The second-order valence-electron chi connectivity index (χ2n) is 12.4. The lowest BCUT2D eigenvalue weighted by atomic mass is 9.82. The average Bonchev–Trinajstić information content (AvgIpc) is 3.42. The quantitative estimate of drug-likeness (QED) is 0.206. The van der Waals surface area contributed by atoms with Gasteiger partial charge >= 0.3 is 6.09 Å². The Morgan fingerprint density at radius 1 is 0.951 bits per heavy atom. The van der Waals surface area contributed by atoms with E-state index < -0.39 is 23.4 Å². The van der Waals surface area contributed by atoms with Crippen LogP contribution in [0.3, 0.4) is 0 Å². The van der Waals surface area contributed by atoms with Gasteiger partial charge in [0.2, 0.25) is 17.2 Å². The maximum atomic E-state index is 13.9. The van der Waals surface area contributed by atoms with Gasteiger partial charge in [-0.15, -0.1) is 11.3 Å². The first-order chi connectivity index (χ1) is 19.9. The zero-order chi connectivity index (χ0) is 29.2. The predicted octanol–water partition coefficient (Wildman–Crippen LogP) is 6.28. The molecule has 3 atom stereocenters. The number of methoxy groups -OCH3 is 1. The number of thiazole rings is 1. The summed E-state index contributed by atoms with van der Waals surface area (Å²) in [6.45, 7) is 2.17. The van der Waals surface area contributed by atoms with E-state index in [0.717, 1.165) is 56.4 Å². The minimum absolute atomic E-state index is 0.0405. The number of aryl methyl sites for hydroxylation is 1. The molecule has 0 spiro atoms. The summed E-state index contributed by atoms with van der Waals surface area (Å²) in [4.78, 5) is 32.6. The van der Waals surface area contributed by atoms with E-state index in [0.29, 0.717) is 24.2 Å². The number of nitrogens with zero attached hydrogens (tertiary/aromatic N) is 1. The third-order valence-corrected chi connectivity index (χ3v) is 11.3. The van der Waals surface area contributed by atoms with Crippen molar-refractivity contribution in [3.63, 3.8) is 0 Å². The van der Waals surface area contributed by atoms with Crippen LogP contribution in [0.2, 0.25) is 0 Å². The van der Waals surface area contributed by atoms with Crippen molar-refractivity contribution in [1.29, 1.82) is 0 Å². The largest absolute Gasteiger partial charge is 0.453 e. The van der Waals surface area contributed by atoms with Gasteiger partial charge in [-0.05, 0) is 75.5 Å². The number of amides is 2. The van der Waals surface area contributed by atoms with Crippen LogP contribution in [-0.4, -0.2) is 44.9 Å². The molecule has 0 bridgehead atoms. The van der Waals surface area contributed by atoms with Crippen LogP contribution < -0.4 is 15.4 Å². The van der Waals surface area contributed by atoms with Gasteiger partial charge in [-0.3, -0.25) is 9.35 Å². The zero-order valence-corrected chi connectivity index (χ0v) is 26.5. The van der Waals surface area contributed by atoms with Gasteiger partial charge in [0.05, 0.1) is 18.8 Å². The lowest BCUT2D eigenvalue weighted by Gasteiger charge is -2.31. The summed E-state index contributed by atoms with van der Waals surface area (Å²) in [5, 5.41) is 7.15. The molecule has 0 saturated heterocycles. The summed E-state index contributed by atoms with van der Waals surface area (Å²) in [6.07, 6.45) is 17.2. The molecule has 0 radical (unpaired) electrons. The van der Waals surface area contributed by atoms with Crippen LogP contribution in [0.1, 0.15) is 137 Å². The molecule has 41 heavy (non-hydrogen) atoms. The molecule has 3 saturated carbocycles. The lowest BCUT2D eigenvalue weighted by molar-refractivity contribution is -0.124. The van der Waals surface area contributed by atoms with Crippen LogP contribution in [0.5, 0.6) is 0 Å². The van der Waals surface area contributed by atoms with Crippen molar-refractivity contribution in [3.05, 3.63) is 15.6 Å².